The van der Waals surface area contributed by atoms with Gasteiger partial charge < -0.3 is 10.6 Å². The second-order valence-corrected chi connectivity index (χ2v) is 5.73. The number of amides is 1. The van der Waals surface area contributed by atoms with Gasteiger partial charge in [0, 0.05) is 13.6 Å². The Morgan fingerprint density at radius 2 is 2.00 bits per heavy atom. The molecule has 0 unspecified atom stereocenters. The monoisotopic (exact) mass is 322 g/mol. The lowest BCUT2D eigenvalue weighted by atomic mass is 9.76. The maximum absolute atomic E-state index is 12.1. The second kappa shape index (κ2) is 6.31. The van der Waals surface area contributed by atoms with Gasteiger partial charge in [0.15, 0.2) is 0 Å². The van der Waals surface area contributed by atoms with Gasteiger partial charge in [-0.3, -0.25) is 4.79 Å². The molecule has 0 heterocycles. The minimum absolute atomic E-state index is 0. The summed E-state index contributed by atoms with van der Waals surface area (Å²) in [7, 11) is 1.76. The molecule has 0 saturated heterocycles. The van der Waals surface area contributed by atoms with Gasteiger partial charge in [0.05, 0.1) is 15.6 Å². The van der Waals surface area contributed by atoms with Crippen LogP contribution >= 0.6 is 35.6 Å². The highest BCUT2D eigenvalue weighted by molar-refractivity contribution is 6.42. The zero-order valence-electron chi connectivity index (χ0n) is 10.7. The van der Waals surface area contributed by atoms with Crippen molar-refractivity contribution >= 4 is 41.5 Å². The van der Waals surface area contributed by atoms with Gasteiger partial charge in [0.1, 0.15) is 0 Å². The highest BCUT2D eigenvalue weighted by Crippen LogP contribution is 2.31. The van der Waals surface area contributed by atoms with E-state index in [-0.39, 0.29) is 18.3 Å². The summed E-state index contributed by atoms with van der Waals surface area (Å²) in [6, 6.07) is 5.37. The van der Waals surface area contributed by atoms with Gasteiger partial charge in [-0.05, 0) is 37.0 Å². The third kappa shape index (κ3) is 3.54. The highest BCUT2D eigenvalue weighted by atomic mass is 35.5. The Balaban J connectivity index is 0.00000180. The summed E-state index contributed by atoms with van der Waals surface area (Å²) >= 11 is 11.8. The summed E-state index contributed by atoms with van der Waals surface area (Å²) in [4.78, 5) is 13.8. The van der Waals surface area contributed by atoms with Crippen LogP contribution in [0.2, 0.25) is 10.0 Å². The van der Waals surface area contributed by atoms with Gasteiger partial charge in [-0.15, -0.1) is 12.4 Å². The largest absolute Gasteiger partial charge is 0.340 e. The summed E-state index contributed by atoms with van der Waals surface area (Å²) in [6.45, 7) is 0.495. The van der Waals surface area contributed by atoms with Crippen molar-refractivity contribution in [3.8, 4) is 0 Å². The summed E-state index contributed by atoms with van der Waals surface area (Å²) < 4.78 is 0. The van der Waals surface area contributed by atoms with Gasteiger partial charge in [0.2, 0.25) is 5.91 Å². The lowest BCUT2D eigenvalue weighted by molar-refractivity contribution is -0.139. The summed E-state index contributed by atoms with van der Waals surface area (Å²) in [6.07, 6.45) is 2.58. The number of likely N-dealkylation sites (N-methyl/N-ethyl adjacent to an activating group) is 1. The average molecular weight is 324 g/mol. The van der Waals surface area contributed by atoms with Gasteiger partial charge >= 0.3 is 0 Å². The van der Waals surface area contributed by atoms with Crippen LogP contribution in [0, 0.1) is 0 Å². The van der Waals surface area contributed by atoms with Crippen LogP contribution in [-0.4, -0.2) is 23.4 Å². The molecular formula is C13H17Cl3N2O. The van der Waals surface area contributed by atoms with Crippen LogP contribution in [-0.2, 0) is 11.3 Å². The van der Waals surface area contributed by atoms with Gasteiger partial charge in [0.25, 0.3) is 0 Å². The van der Waals surface area contributed by atoms with E-state index in [4.69, 9.17) is 28.9 Å². The van der Waals surface area contributed by atoms with E-state index in [1.165, 1.54) is 0 Å². The summed E-state index contributed by atoms with van der Waals surface area (Å²) in [5.41, 5.74) is 6.32. The molecule has 0 bridgehead atoms. The fourth-order valence-corrected chi connectivity index (χ4v) is 2.46. The zero-order chi connectivity index (χ0) is 13.3. The number of carbonyl (C=O) groups is 1. The van der Waals surface area contributed by atoms with E-state index < -0.39 is 5.54 Å². The molecule has 19 heavy (non-hydrogen) atoms. The van der Waals surface area contributed by atoms with Crippen LogP contribution in [0.25, 0.3) is 0 Å². The van der Waals surface area contributed by atoms with Crippen molar-refractivity contribution in [2.45, 2.75) is 31.3 Å². The van der Waals surface area contributed by atoms with E-state index in [2.05, 4.69) is 0 Å². The first-order valence-corrected chi connectivity index (χ1v) is 6.66. The Labute approximate surface area is 129 Å². The Morgan fingerprint density at radius 1 is 1.37 bits per heavy atom. The number of rotatable bonds is 3. The van der Waals surface area contributed by atoms with Crippen molar-refractivity contribution in [3.63, 3.8) is 0 Å². The maximum Gasteiger partial charge on any atom is 0.242 e. The molecule has 6 heteroatoms. The molecule has 1 aromatic carbocycles. The summed E-state index contributed by atoms with van der Waals surface area (Å²) in [5.74, 6) is -0.000164. The van der Waals surface area contributed by atoms with E-state index in [9.17, 15) is 4.79 Å². The number of carbonyl (C=O) groups excluding carboxylic acids is 1. The van der Waals surface area contributed by atoms with Gasteiger partial charge in [-0.1, -0.05) is 29.3 Å². The SMILES string of the molecule is CN(Cc1ccc(Cl)c(Cl)c1)C(=O)C1(N)CCC1.Cl. The molecule has 0 atom stereocenters. The smallest absolute Gasteiger partial charge is 0.242 e. The fraction of sp³-hybridized carbons (Fsp3) is 0.462. The minimum Gasteiger partial charge on any atom is -0.340 e. The fourth-order valence-electron chi connectivity index (χ4n) is 2.14. The molecule has 1 aliphatic carbocycles. The normalized spacial score (nSPS) is 16.2. The van der Waals surface area contributed by atoms with E-state index >= 15 is 0 Å². The third-order valence-corrected chi connectivity index (χ3v) is 4.16. The molecule has 1 aromatic rings. The predicted octanol–water partition coefficient (Wildman–Crippen LogP) is 3.26. The van der Waals surface area contributed by atoms with Crippen LogP contribution in [0.1, 0.15) is 24.8 Å². The number of benzene rings is 1. The van der Waals surface area contributed by atoms with Crippen LogP contribution in [0.5, 0.6) is 0 Å². The Hall–Kier alpha value is -0.480. The molecule has 2 rings (SSSR count). The molecule has 1 amide bonds. The first kappa shape index (κ1) is 16.6. The first-order valence-electron chi connectivity index (χ1n) is 5.91. The lowest BCUT2D eigenvalue weighted by Gasteiger charge is -2.39. The van der Waals surface area contributed by atoms with Crippen LogP contribution < -0.4 is 5.73 Å². The van der Waals surface area contributed by atoms with Crippen molar-refractivity contribution in [2.24, 2.45) is 5.73 Å². The Bertz CT molecular complexity index is 475. The molecule has 1 aliphatic rings. The standard InChI is InChI=1S/C13H16Cl2N2O.ClH/c1-17(12(18)13(16)5-2-6-13)8-9-3-4-10(14)11(15)7-9;/h3-4,7H,2,5-6,8,16H2,1H3;1H. The summed E-state index contributed by atoms with van der Waals surface area (Å²) in [5, 5.41) is 1.02. The van der Waals surface area contributed by atoms with Gasteiger partial charge in [-0.2, -0.15) is 0 Å². The number of halogens is 3. The molecule has 0 aliphatic heterocycles. The number of hydrogen-bond donors (Lipinski definition) is 1. The highest BCUT2D eigenvalue weighted by Gasteiger charge is 2.41. The van der Waals surface area contributed by atoms with Crippen molar-refractivity contribution in [3.05, 3.63) is 33.8 Å². The number of nitrogens with zero attached hydrogens (tertiary/aromatic N) is 1. The molecular weight excluding hydrogens is 307 g/mol. The Kier molecular flexibility index (Phi) is 5.51. The molecule has 106 valence electrons. The molecule has 1 fully saturated rings. The van der Waals surface area contributed by atoms with E-state index in [1.807, 2.05) is 6.07 Å². The lowest BCUT2D eigenvalue weighted by Crippen LogP contribution is -2.58. The molecule has 1 saturated carbocycles. The minimum atomic E-state index is -0.648. The topological polar surface area (TPSA) is 46.3 Å². The Morgan fingerprint density at radius 3 is 2.47 bits per heavy atom. The zero-order valence-corrected chi connectivity index (χ0v) is 13.0. The number of nitrogens with two attached hydrogens (primary N) is 1. The van der Waals surface area contributed by atoms with Crippen molar-refractivity contribution in [1.82, 2.24) is 4.90 Å². The van der Waals surface area contributed by atoms with Crippen LogP contribution in [0.15, 0.2) is 18.2 Å². The quantitative estimate of drug-likeness (QED) is 0.928. The van der Waals surface area contributed by atoms with E-state index in [0.717, 1.165) is 24.8 Å². The molecule has 0 spiro atoms. The molecule has 0 aromatic heterocycles. The van der Waals surface area contributed by atoms with E-state index in [0.29, 0.717) is 16.6 Å². The van der Waals surface area contributed by atoms with E-state index in [1.54, 1.807) is 24.1 Å². The molecule has 3 nitrogen and oxygen atoms in total. The maximum atomic E-state index is 12.1. The molecule has 2 N–H and O–H groups in total. The second-order valence-electron chi connectivity index (χ2n) is 4.92. The predicted molar refractivity (Wildman–Crippen MR) is 81.0 cm³/mol. The first-order chi connectivity index (χ1) is 8.42. The third-order valence-electron chi connectivity index (χ3n) is 3.42. The van der Waals surface area contributed by atoms with Crippen LogP contribution in [0.3, 0.4) is 0 Å². The van der Waals surface area contributed by atoms with Crippen LogP contribution in [0.4, 0.5) is 0 Å². The average Bonchev–Trinajstić information content (AvgIpc) is 2.30. The number of hydrogen-bond acceptors (Lipinski definition) is 2. The van der Waals surface area contributed by atoms with Crippen molar-refractivity contribution in [1.29, 1.82) is 0 Å². The van der Waals surface area contributed by atoms with Gasteiger partial charge in [-0.25, -0.2) is 0 Å². The molecule has 0 radical (unpaired) electrons. The van der Waals surface area contributed by atoms with Crippen molar-refractivity contribution in [2.75, 3.05) is 7.05 Å². The van der Waals surface area contributed by atoms with Crippen molar-refractivity contribution < 1.29 is 4.79 Å².